The molecule has 3 aromatic rings. The predicted octanol–water partition coefficient (Wildman–Crippen LogP) is 3.87. The van der Waals surface area contributed by atoms with Gasteiger partial charge in [-0.05, 0) is 49.2 Å². The molecule has 1 amide bonds. The summed E-state index contributed by atoms with van der Waals surface area (Å²) in [5.41, 5.74) is 4.29. The number of benzene rings is 2. The van der Waals surface area contributed by atoms with Crippen LogP contribution in [0.15, 0.2) is 60.8 Å². The monoisotopic (exact) mass is 532 g/mol. The first kappa shape index (κ1) is 25.0. The molecule has 0 bridgehead atoms. The highest BCUT2D eigenvalue weighted by Crippen LogP contribution is 2.40. The van der Waals surface area contributed by atoms with Gasteiger partial charge >= 0.3 is 6.61 Å². The lowest BCUT2D eigenvalue weighted by molar-refractivity contribution is -0.0498. The minimum atomic E-state index is -3.22. The lowest BCUT2D eigenvalue weighted by Gasteiger charge is -2.24. The van der Waals surface area contributed by atoms with Crippen molar-refractivity contribution in [1.82, 2.24) is 15.7 Å². The number of carbonyl (C=O) groups is 1. The number of halogens is 3. The van der Waals surface area contributed by atoms with Crippen molar-refractivity contribution in [1.29, 1.82) is 0 Å². The van der Waals surface area contributed by atoms with Gasteiger partial charge in [0.2, 0.25) is 0 Å². The van der Waals surface area contributed by atoms with Crippen molar-refractivity contribution in [2.24, 2.45) is 0 Å². The summed E-state index contributed by atoms with van der Waals surface area (Å²) >= 11 is 0. The molecule has 2 aliphatic heterocycles. The largest absolute Gasteiger partial charge is 0.435 e. The topological polar surface area (TPSA) is 101 Å². The number of carbonyl (C=O) groups excluding carboxylic acids is 1. The van der Waals surface area contributed by atoms with Crippen molar-refractivity contribution < 1.29 is 31.1 Å². The third kappa shape index (κ3) is 5.25. The molecule has 1 fully saturated rings. The van der Waals surface area contributed by atoms with Gasteiger partial charge < -0.3 is 10.1 Å². The Hall–Kier alpha value is -3.64. The standard InChI is InChI=1S/C25H23F3N4O4S/c1-25(9-10-37(34,35)14-25)30-23(33)16-11-20-21(15-5-7-17(26)8-6-15)31-32(22(20)29-13-16)18-3-2-4-19(12-18)36-24(27)28/h2-8,11-13,21,24,31H,9-10,14H2,1H3,(H,30,33)/t21?,25-/m0/s1. The average Bonchev–Trinajstić information content (AvgIpc) is 3.35. The molecule has 194 valence electrons. The van der Waals surface area contributed by atoms with Gasteiger partial charge in [-0.2, -0.15) is 8.78 Å². The highest BCUT2D eigenvalue weighted by molar-refractivity contribution is 7.91. The van der Waals surface area contributed by atoms with E-state index in [1.807, 2.05) is 0 Å². The Morgan fingerprint density at radius 2 is 1.97 bits per heavy atom. The van der Waals surface area contributed by atoms with Crippen LogP contribution >= 0.6 is 0 Å². The van der Waals surface area contributed by atoms with E-state index in [0.29, 0.717) is 29.1 Å². The third-order valence-corrected chi connectivity index (χ3v) is 8.26. The number of sulfone groups is 1. The van der Waals surface area contributed by atoms with E-state index in [2.05, 4.69) is 20.5 Å². The summed E-state index contributed by atoms with van der Waals surface area (Å²) in [6.07, 6.45) is 1.67. The molecule has 2 aromatic carbocycles. The molecule has 2 atom stereocenters. The molecule has 8 nitrogen and oxygen atoms in total. The van der Waals surface area contributed by atoms with Crippen LogP contribution < -0.4 is 20.5 Å². The predicted molar refractivity (Wildman–Crippen MR) is 130 cm³/mol. The molecule has 0 radical (unpaired) electrons. The Morgan fingerprint density at radius 3 is 2.65 bits per heavy atom. The fraction of sp³-hybridized carbons (Fsp3) is 0.280. The Kier molecular flexibility index (Phi) is 6.32. The Morgan fingerprint density at radius 1 is 1.22 bits per heavy atom. The van der Waals surface area contributed by atoms with Gasteiger partial charge in [0, 0.05) is 17.8 Å². The minimum Gasteiger partial charge on any atom is -0.435 e. The van der Waals surface area contributed by atoms with E-state index in [1.54, 1.807) is 42.3 Å². The van der Waals surface area contributed by atoms with E-state index >= 15 is 0 Å². The molecule has 2 N–H and O–H groups in total. The van der Waals surface area contributed by atoms with Gasteiger partial charge in [-0.25, -0.2) is 23.2 Å². The molecule has 0 spiro atoms. The Labute approximate surface area is 211 Å². The van der Waals surface area contributed by atoms with Crippen LogP contribution in [0.2, 0.25) is 0 Å². The van der Waals surface area contributed by atoms with E-state index in [-0.39, 0.29) is 22.8 Å². The van der Waals surface area contributed by atoms with E-state index < -0.39 is 39.8 Å². The van der Waals surface area contributed by atoms with Crippen molar-refractivity contribution in [3.05, 3.63) is 83.3 Å². The molecular formula is C25H23F3N4O4S. The quantitative estimate of drug-likeness (QED) is 0.497. The molecular weight excluding hydrogens is 509 g/mol. The van der Waals surface area contributed by atoms with E-state index in [1.165, 1.54) is 30.5 Å². The number of ether oxygens (including phenoxy) is 1. The first-order valence-corrected chi connectivity index (χ1v) is 13.2. The molecule has 1 unspecified atom stereocenters. The van der Waals surface area contributed by atoms with Gasteiger partial charge in [0.15, 0.2) is 15.7 Å². The Balaban J connectivity index is 1.50. The molecule has 37 heavy (non-hydrogen) atoms. The number of nitrogens with one attached hydrogen (secondary N) is 2. The zero-order valence-corrected chi connectivity index (χ0v) is 20.4. The summed E-state index contributed by atoms with van der Waals surface area (Å²) in [5.74, 6) is -0.660. The van der Waals surface area contributed by atoms with Crippen molar-refractivity contribution in [3.63, 3.8) is 0 Å². The summed E-state index contributed by atoms with van der Waals surface area (Å²) in [7, 11) is -3.22. The summed E-state index contributed by atoms with van der Waals surface area (Å²) in [6.45, 7) is -1.30. The maximum atomic E-state index is 13.6. The van der Waals surface area contributed by atoms with Crippen LogP contribution in [-0.4, -0.2) is 43.0 Å². The summed E-state index contributed by atoms with van der Waals surface area (Å²) < 4.78 is 67.5. The van der Waals surface area contributed by atoms with Crippen molar-refractivity contribution in [3.8, 4) is 5.75 Å². The summed E-state index contributed by atoms with van der Waals surface area (Å²) in [4.78, 5) is 17.6. The smallest absolute Gasteiger partial charge is 0.387 e. The van der Waals surface area contributed by atoms with E-state index in [0.717, 1.165) is 0 Å². The van der Waals surface area contributed by atoms with Gasteiger partial charge in [0.05, 0.1) is 34.3 Å². The summed E-state index contributed by atoms with van der Waals surface area (Å²) in [5, 5.41) is 4.40. The number of hydrazine groups is 1. The first-order valence-electron chi connectivity index (χ1n) is 11.4. The molecule has 12 heteroatoms. The number of hydrogen-bond acceptors (Lipinski definition) is 7. The molecule has 1 saturated heterocycles. The summed E-state index contributed by atoms with van der Waals surface area (Å²) in [6, 6.07) is 12.9. The van der Waals surface area contributed by atoms with Crippen LogP contribution in [0.3, 0.4) is 0 Å². The zero-order valence-electron chi connectivity index (χ0n) is 19.6. The first-order chi connectivity index (χ1) is 17.5. The maximum absolute atomic E-state index is 13.6. The zero-order chi connectivity index (χ0) is 26.4. The number of amides is 1. The minimum absolute atomic E-state index is 0.00603. The number of fused-ring (bicyclic) bond motifs is 1. The van der Waals surface area contributed by atoms with Gasteiger partial charge in [0.1, 0.15) is 11.6 Å². The number of pyridine rings is 1. The molecule has 3 heterocycles. The third-order valence-electron chi connectivity index (χ3n) is 6.36. The van der Waals surface area contributed by atoms with E-state index in [4.69, 9.17) is 0 Å². The van der Waals surface area contributed by atoms with Gasteiger partial charge in [-0.15, -0.1) is 0 Å². The highest BCUT2D eigenvalue weighted by Gasteiger charge is 2.40. The fourth-order valence-corrected chi connectivity index (χ4v) is 6.71. The fourth-order valence-electron chi connectivity index (χ4n) is 4.62. The second-order valence-corrected chi connectivity index (χ2v) is 11.5. The molecule has 5 rings (SSSR count). The van der Waals surface area contributed by atoms with Gasteiger partial charge in [0.25, 0.3) is 5.91 Å². The van der Waals surface area contributed by atoms with Gasteiger partial charge in [-0.1, -0.05) is 18.2 Å². The number of alkyl halides is 2. The van der Waals surface area contributed by atoms with Crippen LogP contribution in [0.25, 0.3) is 0 Å². The maximum Gasteiger partial charge on any atom is 0.387 e. The average molecular weight is 533 g/mol. The number of aromatic nitrogens is 1. The SMILES string of the molecule is C[C@]1(NC(=O)c2cnc3c(c2)C(c2ccc(F)cc2)NN3c2cccc(OC(F)F)c2)CCS(=O)(=O)C1. The Bertz CT molecular complexity index is 1450. The normalized spacial score (nSPS) is 22.2. The number of anilines is 2. The molecule has 1 aromatic heterocycles. The van der Waals surface area contributed by atoms with Crippen LogP contribution in [0.5, 0.6) is 5.75 Å². The number of nitrogens with zero attached hydrogens (tertiary/aromatic N) is 2. The van der Waals surface area contributed by atoms with Crippen molar-refractivity contribution >= 4 is 27.2 Å². The lowest BCUT2D eigenvalue weighted by Crippen LogP contribution is -2.47. The molecule has 2 aliphatic rings. The molecule has 0 saturated carbocycles. The van der Waals surface area contributed by atoms with Crippen LogP contribution in [-0.2, 0) is 9.84 Å². The van der Waals surface area contributed by atoms with Crippen molar-refractivity contribution in [2.75, 3.05) is 16.5 Å². The van der Waals surface area contributed by atoms with Crippen LogP contribution in [0.4, 0.5) is 24.7 Å². The van der Waals surface area contributed by atoms with Gasteiger partial charge in [-0.3, -0.25) is 9.80 Å². The van der Waals surface area contributed by atoms with Crippen LogP contribution in [0.1, 0.15) is 40.9 Å². The van der Waals surface area contributed by atoms with Crippen molar-refractivity contribution in [2.45, 2.75) is 31.5 Å². The number of hydrogen-bond donors (Lipinski definition) is 2. The second-order valence-electron chi connectivity index (χ2n) is 9.32. The second kappa shape index (κ2) is 9.34. The van der Waals surface area contributed by atoms with Crippen LogP contribution in [0, 0.1) is 5.82 Å². The molecule has 0 aliphatic carbocycles. The lowest BCUT2D eigenvalue weighted by atomic mass is 9.98. The highest BCUT2D eigenvalue weighted by atomic mass is 32.2. The van der Waals surface area contributed by atoms with E-state index in [9.17, 15) is 26.4 Å². The number of rotatable bonds is 6.